The van der Waals surface area contributed by atoms with Crippen LogP contribution in [0.4, 0.5) is 18.9 Å². The first kappa shape index (κ1) is 26.2. The lowest BCUT2D eigenvalue weighted by Crippen LogP contribution is -2.41. The molecule has 0 heterocycles. The molecule has 0 radical (unpaired) electrons. The summed E-state index contributed by atoms with van der Waals surface area (Å²) < 4.78 is 72.2. The molecule has 0 aromatic heterocycles. The normalized spacial score (nSPS) is 12.8. The fourth-order valence-corrected chi connectivity index (χ4v) is 3.88. The summed E-state index contributed by atoms with van der Waals surface area (Å²) in [5.74, 6) is -1.62. The first-order valence-corrected chi connectivity index (χ1v) is 11.5. The molecule has 33 heavy (non-hydrogen) atoms. The molecule has 0 saturated heterocycles. The summed E-state index contributed by atoms with van der Waals surface area (Å²) in [7, 11) is -3.95. The molecule has 0 saturated carbocycles. The number of rotatable bonds is 9. The predicted molar refractivity (Wildman–Crippen MR) is 120 cm³/mol. The van der Waals surface area contributed by atoms with Gasteiger partial charge in [0.25, 0.3) is 0 Å². The van der Waals surface area contributed by atoms with Gasteiger partial charge in [0.2, 0.25) is 10.0 Å². The fourth-order valence-electron chi connectivity index (χ4n) is 2.54. The average molecular weight is 486 g/mol. The first-order chi connectivity index (χ1) is 15.1. The Labute approximate surface area is 191 Å². The topological polar surface area (TPSA) is 92.7 Å². The largest absolute Gasteiger partial charge is 0.487 e. The van der Waals surface area contributed by atoms with E-state index < -0.39 is 32.5 Å². The van der Waals surface area contributed by atoms with Gasteiger partial charge in [-0.3, -0.25) is 4.72 Å². The number of carboxylic acid groups (broad SMARTS) is 1. The molecule has 0 spiro atoms. The second kappa shape index (κ2) is 9.86. The zero-order chi connectivity index (χ0) is 25.0. The van der Waals surface area contributed by atoms with E-state index in [9.17, 15) is 26.4 Å². The molecule has 2 aromatic rings. The molecule has 0 aliphatic rings. The molecule has 0 amide bonds. The van der Waals surface area contributed by atoms with Gasteiger partial charge >= 0.3 is 12.1 Å². The Kier molecular flexibility index (Phi) is 7.84. The molecule has 0 aliphatic carbocycles. The number of sulfonamides is 1. The van der Waals surface area contributed by atoms with Gasteiger partial charge in [0, 0.05) is 6.08 Å². The summed E-state index contributed by atoms with van der Waals surface area (Å²) in [4.78, 5) is 10.6. The van der Waals surface area contributed by atoms with Crippen LogP contribution in [0.5, 0.6) is 5.75 Å². The smallest absolute Gasteiger partial charge is 0.416 e. The van der Waals surface area contributed by atoms with Gasteiger partial charge < -0.3 is 9.84 Å². The molecule has 2 aromatic carbocycles. The number of nitrogens with one attached hydrogen (secondary N) is 1. The molecule has 0 unspecified atom stereocenters. The third kappa shape index (κ3) is 6.74. The van der Waals surface area contributed by atoms with E-state index in [1.54, 1.807) is 38.1 Å². The summed E-state index contributed by atoms with van der Waals surface area (Å²) in [5, 5.41) is 8.67. The zero-order valence-electron chi connectivity index (χ0n) is 18.6. The third-order valence-corrected chi connectivity index (χ3v) is 7.77. The molecule has 0 fully saturated rings. The van der Waals surface area contributed by atoms with Crippen molar-refractivity contribution in [1.82, 2.24) is 0 Å². The van der Waals surface area contributed by atoms with Gasteiger partial charge in [-0.05, 0) is 55.2 Å². The maximum atomic E-state index is 13.2. The minimum absolute atomic E-state index is 0.0993. The molecular formula is C23H26F3NO5S. The lowest BCUT2D eigenvalue weighted by molar-refractivity contribution is -0.137. The van der Waals surface area contributed by atoms with Crippen LogP contribution in [0.25, 0.3) is 6.08 Å². The SMILES string of the molecule is CC(C)C(C)(C)S(=O)(=O)Nc1ccc(C(F)(F)F)cc1OCc1ccc(/C=C/C(=O)O)cc1. The van der Waals surface area contributed by atoms with Crippen LogP contribution in [0.2, 0.25) is 0 Å². The van der Waals surface area contributed by atoms with Crippen molar-refractivity contribution in [3.05, 3.63) is 65.2 Å². The fraction of sp³-hybridized carbons (Fsp3) is 0.348. The molecule has 10 heteroatoms. The molecule has 0 atom stereocenters. The highest BCUT2D eigenvalue weighted by atomic mass is 32.2. The number of benzene rings is 2. The standard InChI is InChI=1S/C23H26F3NO5S/c1-15(2)22(3,4)33(30,31)27-19-11-10-18(23(24,25)26)13-20(19)32-14-17-7-5-16(6-8-17)9-12-21(28)29/h5-13,15,27H,14H2,1-4H3,(H,28,29)/b12-9+. The molecule has 0 aliphatic heterocycles. The lowest BCUT2D eigenvalue weighted by atomic mass is 10.00. The number of alkyl halides is 3. The van der Waals surface area contributed by atoms with Gasteiger partial charge in [-0.1, -0.05) is 38.1 Å². The Hall–Kier alpha value is -3.01. The van der Waals surface area contributed by atoms with E-state index in [1.165, 1.54) is 19.9 Å². The highest BCUT2D eigenvalue weighted by Gasteiger charge is 2.38. The molecule has 180 valence electrons. The molecule has 2 N–H and O–H groups in total. The van der Waals surface area contributed by atoms with Crippen LogP contribution in [0.3, 0.4) is 0 Å². The summed E-state index contributed by atoms with van der Waals surface area (Å²) >= 11 is 0. The minimum Gasteiger partial charge on any atom is -0.487 e. The van der Waals surface area contributed by atoms with Gasteiger partial charge in [0.1, 0.15) is 12.4 Å². The number of halogens is 3. The van der Waals surface area contributed by atoms with Crippen molar-refractivity contribution < 1.29 is 36.2 Å². The van der Waals surface area contributed by atoms with E-state index in [-0.39, 0.29) is 24.0 Å². The van der Waals surface area contributed by atoms with Crippen molar-refractivity contribution in [2.75, 3.05) is 4.72 Å². The average Bonchev–Trinajstić information content (AvgIpc) is 2.71. The van der Waals surface area contributed by atoms with Crippen molar-refractivity contribution in [2.45, 2.75) is 45.2 Å². The number of carbonyl (C=O) groups is 1. The number of anilines is 1. The Morgan fingerprint density at radius 3 is 2.24 bits per heavy atom. The molecule has 6 nitrogen and oxygen atoms in total. The van der Waals surface area contributed by atoms with Crippen LogP contribution in [0, 0.1) is 5.92 Å². The monoisotopic (exact) mass is 485 g/mol. The number of ether oxygens (including phenoxy) is 1. The van der Waals surface area contributed by atoms with Crippen molar-refractivity contribution in [2.24, 2.45) is 5.92 Å². The maximum Gasteiger partial charge on any atom is 0.416 e. The van der Waals surface area contributed by atoms with Crippen LogP contribution in [-0.4, -0.2) is 24.2 Å². The van der Waals surface area contributed by atoms with Crippen LogP contribution < -0.4 is 9.46 Å². The van der Waals surface area contributed by atoms with Crippen molar-refractivity contribution >= 4 is 27.8 Å². The Morgan fingerprint density at radius 2 is 1.73 bits per heavy atom. The molecular weight excluding hydrogens is 459 g/mol. The number of aliphatic carboxylic acids is 1. The summed E-state index contributed by atoms with van der Waals surface area (Å²) in [6.45, 7) is 6.40. The molecule has 0 bridgehead atoms. The Balaban J connectivity index is 2.33. The van der Waals surface area contributed by atoms with Crippen molar-refractivity contribution in [3.63, 3.8) is 0 Å². The third-order valence-electron chi connectivity index (χ3n) is 5.43. The van der Waals surface area contributed by atoms with Gasteiger partial charge in [-0.25, -0.2) is 13.2 Å². The molecule has 2 rings (SSSR count). The zero-order valence-corrected chi connectivity index (χ0v) is 19.4. The second-order valence-corrected chi connectivity index (χ2v) is 10.5. The van der Waals surface area contributed by atoms with Crippen LogP contribution >= 0.6 is 0 Å². The van der Waals surface area contributed by atoms with Crippen LogP contribution in [0.15, 0.2) is 48.5 Å². The lowest BCUT2D eigenvalue weighted by Gasteiger charge is -2.29. The summed E-state index contributed by atoms with van der Waals surface area (Å²) in [6.07, 6.45) is -2.26. The maximum absolute atomic E-state index is 13.2. The van der Waals surface area contributed by atoms with Gasteiger partial charge in [-0.2, -0.15) is 13.2 Å². The Bertz CT molecular complexity index is 1120. The number of carboxylic acids is 1. The van der Waals surface area contributed by atoms with Gasteiger partial charge in [-0.15, -0.1) is 0 Å². The summed E-state index contributed by atoms with van der Waals surface area (Å²) in [6, 6.07) is 9.08. The van der Waals surface area contributed by atoms with E-state index in [0.717, 1.165) is 24.3 Å². The van der Waals surface area contributed by atoms with E-state index in [0.29, 0.717) is 11.1 Å². The van der Waals surface area contributed by atoms with Crippen molar-refractivity contribution in [3.8, 4) is 5.75 Å². The summed E-state index contributed by atoms with van der Waals surface area (Å²) in [5.41, 5.74) is 0.135. The van der Waals surface area contributed by atoms with E-state index >= 15 is 0 Å². The number of hydrogen-bond donors (Lipinski definition) is 2. The number of hydrogen-bond acceptors (Lipinski definition) is 4. The van der Waals surface area contributed by atoms with E-state index in [2.05, 4.69) is 4.72 Å². The second-order valence-electron chi connectivity index (χ2n) is 8.27. The Morgan fingerprint density at radius 1 is 1.12 bits per heavy atom. The minimum atomic E-state index is -4.63. The quantitative estimate of drug-likeness (QED) is 0.454. The van der Waals surface area contributed by atoms with Gasteiger partial charge in [0.05, 0.1) is 16.0 Å². The van der Waals surface area contributed by atoms with E-state index in [4.69, 9.17) is 9.84 Å². The van der Waals surface area contributed by atoms with E-state index in [1.807, 2.05) is 0 Å². The highest BCUT2D eigenvalue weighted by Crippen LogP contribution is 2.37. The van der Waals surface area contributed by atoms with Crippen LogP contribution in [0.1, 0.15) is 44.4 Å². The van der Waals surface area contributed by atoms with Gasteiger partial charge in [0.15, 0.2) is 0 Å². The van der Waals surface area contributed by atoms with Crippen LogP contribution in [-0.2, 0) is 27.6 Å². The highest BCUT2D eigenvalue weighted by molar-refractivity contribution is 7.94. The first-order valence-electron chi connectivity index (χ1n) is 10.00. The predicted octanol–water partition coefficient (Wildman–Crippen LogP) is 5.56. The van der Waals surface area contributed by atoms with Crippen molar-refractivity contribution in [1.29, 1.82) is 0 Å².